The van der Waals surface area contributed by atoms with Crippen LogP contribution in [0, 0.1) is 18.8 Å². The highest BCUT2D eigenvalue weighted by molar-refractivity contribution is 7.18. The van der Waals surface area contributed by atoms with Crippen LogP contribution in [0.2, 0.25) is 0 Å². The molecule has 6 heteroatoms. The molecule has 1 aliphatic carbocycles. The third-order valence-electron chi connectivity index (χ3n) is 6.04. The van der Waals surface area contributed by atoms with Gasteiger partial charge in [-0.15, -0.1) is 11.3 Å². The normalized spacial score (nSPS) is 21.2. The van der Waals surface area contributed by atoms with Gasteiger partial charge in [0, 0.05) is 18.0 Å². The van der Waals surface area contributed by atoms with E-state index < -0.39 is 0 Å². The van der Waals surface area contributed by atoms with Crippen LogP contribution in [-0.4, -0.2) is 33.4 Å². The lowest BCUT2D eigenvalue weighted by molar-refractivity contribution is -0.133. The molecule has 1 atom stereocenters. The van der Waals surface area contributed by atoms with Crippen LogP contribution in [0.25, 0.3) is 10.2 Å². The summed E-state index contributed by atoms with van der Waals surface area (Å²) in [4.78, 5) is 34.7. The largest absolute Gasteiger partial charge is 0.341 e. The fourth-order valence-corrected chi connectivity index (χ4v) is 5.62. The lowest BCUT2D eigenvalue weighted by Crippen LogP contribution is -2.41. The number of thiophene rings is 1. The summed E-state index contributed by atoms with van der Waals surface area (Å²) >= 11 is 1.67. The van der Waals surface area contributed by atoms with Crippen LogP contribution in [0.15, 0.2) is 4.79 Å². The Morgan fingerprint density at radius 3 is 2.65 bits per heavy atom. The summed E-state index contributed by atoms with van der Waals surface area (Å²) in [5, 5.41) is 0.766. The molecule has 5 nitrogen and oxygen atoms in total. The van der Waals surface area contributed by atoms with Crippen LogP contribution in [0.3, 0.4) is 0 Å². The molecule has 1 aliphatic heterocycles. The fraction of sp³-hybridized carbons (Fsp3) is 0.650. The molecule has 0 aromatic carbocycles. The van der Waals surface area contributed by atoms with Crippen LogP contribution < -0.4 is 5.56 Å². The van der Waals surface area contributed by atoms with Gasteiger partial charge in [0.05, 0.1) is 5.39 Å². The van der Waals surface area contributed by atoms with Gasteiger partial charge in [-0.2, -0.15) is 0 Å². The highest BCUT2D eigenvalue weighted by Crippen LogP contribution is 2.35. The number of hydrogen-bond acceptors (Lipinski definition) is 4. The van der Waals surface area contributed by atoms with Crippen LogP contribution >= 0.6 is 11.3 Å². The number of likely N-dealkylation sites (tertiary alicyclic amines) is 1. The predicted molar refractivity (Wildman–Crippen MR) is 105 cm³/mol. The molecule has 3 heterocycles. The maximum absolute atomic E-state index is 13.2. The van der Waals surface area contributed by atoms with Crippen LogP contribution in [-0.2, 0) is 24.2 Å². The first kappa shape index (κ1) is 17.7. The Morgan fingerprint density at radius 2 is 1.92 bits per heavy atom. The molecule has 2 aromatic rings. The van der Waals surface area contributed by atoms with E-state index in [1.807, 2.05) is 11.8 Å². The molecular weight excluding hydrogens is 346 g/mol. The quantitative estimate of drug-likeness (QED) is 0.813. The Morgan fingerprint density at radius 1 is 1.19 bits per heavy atom. The standard InChI is InChI=1S/C20H27N3O2S/c1-12-6-8-22(9-7-12)17(24)11-23-14(3)21-19-18(20(23)25)15-5-4-13(2)10-16(15)26-19/h12-13H,4-11H2,1-3H3. The molecule has 4 rings (SSSR count). The lowest BCUT2D eigenvalue weighted by Gasteiger charge is -2.30. The molecule has 1 saturated heterocycles. The van der Waals surface area contributed by atoms with Crippen molar-refractivity contribution in [2.45, 2.75) is 59.4 Å². The number of aryl methyl sites for hydroxylation is 2. The van der Waals surface area contributed by atoms with Gasteiger partial charge in [-0.25, -0.2) is 4.98 Å². The minimum absolute atomic E-state index is 0.0294. The van der Waals surface area contributed by atoms with Crippen molar-refractivity contribution in [3.63, 3.8) is 0 Å². The second kappa shape index (κ2) is 6.80. The Balaban J connectivity index is 1.67. The van der Waals surface area contributed by atoms with Crippen molar-refractivity contribution in [2.24, 2.45) is 11.8 Å². The number of carbonyl (C=O) groups excluding carboxylic acids is 1. The average Bonchev–Trinajstić information content (AvgIpc) is 2.96. The van der Waals surface area contributed by atoms with E-state index in [0.29, 0.717) is 17.7 Å². The second-order valence-corrected chi connectivity index (χ2v) is 9.23. The summed E-state index contributed by atoms with van der Waals surface area (Å²) in [6.45, 7) is 8.05. The van der Waals surface area contributed by atoms with Crippen molar-refractivity contribution in [2.75, 3.05) is 13.1 Å². The van der Waals surface area contributed by atoms with Crippen LogP contribution in [0.4, 0.5) is 0 Å². The van der Waals surface area contributed by atoms with E-state index in [9.17, 15) is 9.59 Å². The second-order valence-electron chi connectivity index (χ2n) is 8.15. The Labute approximate surface area is 158 Å². The highest BCUT2D eigenvalue weighted by atomic mass is 32.1. The van der Waals surface area contributed by atoms with E-state index in [4.69, 9.17) is 0 Å². The molecule has 1 fully saturated rings. The van der Waals surface area contributed by atoms with Gasteiger partial charge in [-0.3, -0.25) is 14.2 Å². The third-order valence-corrected chi connectivity index (χ3v) is 7.18. The zero-order valence-corrected chi connectivity index (χ0v) is 16.7. The topological polar surface area (TPSA) is 55.2 Å². The molecule has 26 heavy (non-hydrogen) atoms. The molecule has 2 aromatic heterocycles. The number of carbonyl (C=O) groups is 1. The third kappa shape index (κ3) is 3.08. The maximum Gasteiger partial charge on any atom is 0.263 e. The fourth-order valence-electron chi connectivity index (χ4n) is 4.20. The number of fused-ring (bicyclic) bond motifs is 3. The van der Waals surface area contributed by atoms with Gasteiger partial charge in [0.2, 0.25) is 5.91 Å². The molecule has 140 valence electrons. The van der Waals surface area contributed by atoms with Crippen molar-refractivity contribution < 1.29 is 4.79 Å². The number of amides is 1. The van der Waals surface area contributed by atoms with Gasteiger partial charge < -0.3 is 4.90 Å². The molecule has 2 aliphatic rings. The molecular formula is C20H27N3O2S. The number of hydrogen-bond donors (Lipinski definition) is 0. The lowest BCUT2D eigenvalue weighted by atomic mass is 9.89. The van der Waals surface area contributed by atoms with E-state index >= 15 is 0 Å². The van der Waals surface area contributed by atoms with Gasteiger partial charge in [-0.05, 0) is 56.4 Å². The van der Waals surface area contributed by atoms with Crippen molar-refractivity contribution in [1.82, 2.24) is 14.5 Å². The minimum atomic E-state index is -0.0294. The van der Waals surface area contributed by atoms with Gasteiger partial charge in [0.25, 0.3) is 5.56 Å². The number of nitrogens with zero attached hydrogens (tertiary/aromatic N) is 3. The molecule has 1 amide bonds. The number of aromatic nitrogens is 2. The van der Waals surface area contributed by atoms with Gasteiger partial charge in [0.1, 0.15) is 17.2 Å². The predicted octanol–water partition coefficient (Wildman–Crippen LogP) is 3.15. The Hall–Kier alpha value is -1.69. The molecule has 1 unspecified atom stereocenters. The summed E-state index contributed by atoms with van der Waals surface area (Å²) in [7, 11) is 0. The molecule has 0 spiro atoms. The van der Waals surface area contributed by atoms with Gasteiger partial charge in [0.15, 0.2) is 0 Å². The summed E-state index contributed by atoms with van der Waals surface area (Å²) in [5.41, 5.74) is 1.16. The molecule has 0 N–H and O–H groups in total. The first-order valence-corrected chi connectivity index (χ1v) is 10.5. The van der Waals surface area contributed by atoms with Crippen molar-refractivity contribution >= 4 is 27.5 Å². The van der Waals surface area contributed by atoms with Crippen LogP contribution in [0.1, 0.15) is 49.4 Å². The van der Waals surface area contributed by atoms with Crippen molar-refractivity contribution in [3.8, 4) is 0 Å². The average molecular weight is 374 g/mol. The summed E-state index contributed by atoms with van der Waals surface area (Å²) < 4.78 is 1.59. The zero-order chi connectivity index (χ0) is 18.4. The van der Waals surface area contributed by atoms with Crippen molar-refractivity contribution in [3.05, 3.63) is 26.6 Å². The van der Waals surface area contributed by atoms with Crippen molar-refractivity contribution in [1.29, 1.82) is 0 Å². The van der Waals surface area contributed by atoms with E-state index in [2.05, 4.69) is 18.8 Å². The smallest absolute Gasteiger partial charge is 0.263 e. The van der Waals surface area contributed by atoms with Gasteiger partial charge >= 0.3 is 0 Å². The summed E-state index contributed by atoms with van der Waals surface area (Å²) in [6.07, 6.45) is 5.21. The molecule has 0 radical (unpaired) electrons. The Bertz CT molecular complexity index is 906. The monoisotopic (exact) mass is 373 g/mol. The zero-order valence-electron chi connectivity index (χ0n) is 15.9. The Kier molecular flexibility index (Phi) is 4.63. The number of rotatable bonds is 2. The van der Waals surface area contributed by atoms with E-state index in [-0.39, 0.29) is 18.0 Å². The van der Waals surface area contributed by atoms with E-state index in [1.165, 1.54) is 10.4 Å². The SMILES string of the molecule is Cc1nc2sc3c(c2c(=O)n1CC(=O)N1CCC(C)CC1)CCC(C)C3. The first-order chi connectivity index (χ1) is 12.4. The minimum Gasteiger partial charge on any atom is -0.341 e. The number of piperidine rings is 1. The highest BCUT2D eigenvalue weighted by Gasteiger charge is 2.26. The van der Waals surface area contributed by atoms with Gasteiger partial charge in [-0.1, -0.05) is 13.8 Å². The maximum atomic E-state index is 13.2. The van der Waals surface area contributed by atoms with E-state index in [1.54, 1.807) is 15.9 Å². The van der Waals surface area contributed by atoms with E-state index in [0.717, 1.165) is 55.4 Å². The molecule has 0 bridgehead atoms. The van der Waals surface area contributed by atoms with Crippen LogP contribution in [0.5, 0.6) is 0 Å². The summed E-state index contributed by atoms with van der Waals surface area (Å²) in [5.74, 6) is 2.04. The summed E-state index contributed by atoms with van der Waals surface area (Å²) in [6, 6.07) is 0. The first-order valence-electron chi connectivity index (χ1n) is 9.73. The molecule has 0 saturated carbocycles.